The predicted molar refractivity (Wildman–Crippen MR) is 86.6 cm³/mol. The number of H-pyrrole nitrogens is 1. The first kappa shape index (κ1) is 14.2. The number of hydrogen-bond acceptors (Lipinski definition) is 4. The van der Waals surface area contributed by atoms with Crippen LogP contribution in [0.2, 0.25) is 0 Å². The second kappa shape index (κ2) is 5.95. The van der Waals surface area contributed by atoms with E-state index < -0.39 is 4.92 Å². The number of ether oxygens (including phenoxy) is 1. The van der Waals surface area contributed by atoms with Crippen molar-refractivity contribution < 1.29 is 9.66 Å². The SMILES string of the molecule is O=[N+]([O-])c1ccc(OCc2ccccc2)c2ccc(=S)[nH]c12. The van der Waals surface area contributed by atoms with Gasteiger partial charge in [-0.25, -0.2) is 0 Å². The molecule has 1 N–H and O–H groups in total. The largest absolute Gasteiger partial charge is 0.488 e. The Kier molecular flexibility index (Phi) is 3.84. The number of fused-ring (bicyclic) bond motifs is 1. The van der Waals surface area contributed by atoms with Crippen LogP contribution in [0.4, 0.5) is 5.69 Å². The summed E-state index contributed by atoms with van der Waals surface area (Å²) in [7, 11) is 0. The molecule has 3 rings (SSSR count). The van der Waals surface area contributed by atoms with Gasteiger partial charge >= 0.3 is 0 Å². The molecule has 0 aliphatic rings. The summed E-state index contributed by atoms with van der Waals surface area (Å²) < 4.78 is 6.24. The molecule has 3 aromatic rings. The Morgan fingerprint density at radius 3 is 2.59 bits per heavy atom. The minimum absolute atomic E-state index is 0.0197. The fourth-order valence-corrected chi connectivity index (χ4v) is 2.39. The fourth-order valence-electron chi connectivity index (χ4n) is 2.22. The smallest absolute Gasteiger partial charge is 0.293 e. The zero-order chi connectivity index (χ0) is 15.5. The molecule has 0 spiro atoms. The molecule has 1 aromatic heterocycles. The highest BCUT2D eigenvalue weighted by Crippen LogP contribution is 2.31. The van der Waals surface area contributed by atoms with E-state index in [0.29, 0.717) is 27.9 Å². The molecular weight excluding hydrogens is 300 g/mol. The number of rotatable bonds is 4. The molecule has 0 bridgehead atoms. The Labute approximate surface area is 131 Å². The molecular formula is C16H12N2O3S. The fraction of sp³-hybridized carbons (Fsp3) is 0.0625. The number of hydrogen-bond donors (Lipinski definition) is 1. The van der Waals surface area contributed by atoms with Crippen LogP contribution in [0.1, 0.15) is 5.56 Å². The molecule has 0 saturated carbocycles. The molecule has 0 saturated heterocycles. The number of nitro benzene ring substituents is 1. The normalized spacial score (nSPS) is 10.5. The van der Waals surface area contributed by atoms with Crippen LogP contribution in [-0.2, 0) is 6.61 Å². The van der Waals surface area contributed by atoms with E-state index in [-0.39, 0.29) is 5.69 Å². The van der Waals surface area contributed by atoms with E-state index in [0.717, 1.165) is 5.56 Å². The molecule has 0 fully saturated rings. The molecule has 0 aliphatic carbocycles. The van der Waals surface area contributed by atoms with E-state index in [1.807, 2.05) is 30.3 Å². The predicted octanol–water partition coefficient (Wildman–Crippen LogP) is 4.38. The van der Waals surface area contributed by atoms with Crippen molar-refractivity contribution in [1.29, 1.82) is 0 Å². The second-order valence-corrected chi connectivity index (χ2v) is 5.17. The number of benzene rings is 2. The molecule has 0 amide bonds. The van der Waals surface area contributed by atoms with Gasteiger partial charge in [0.2, 0.25) is 0 Å². The van der Waals surface area contributed by atoms with Gasteiger partial charge < -0.3 is 9.72 Å². The monoisotopic (exact) mass is 312 g/mol. The van der Waals surface area contributed by atoms with Gasteiger partial charge in [-0.15, -0.1) is 0 Å². The third-order valence-electron chi connectivity index (χ3n) is 3.27. The van der Waals surface area contributed by atoms with E-state index in [1.165, 1.54) is 6.07 Å². The van der Waals surface area contributed by atoms with Gasteiger partial charge in [-0.2, -0.15) is 0 Å². The number of aromatic amines is 1. The summed E-state index contributed by atoms with van der Waals surface area (Å²) in [6.07, 6.45) is 0. The Hall–Kier alpha value is -2.73. The zero-order valence-electron chi connectivity index (χ0n) is 11.5. The van der Waals surface area contributed by atoms with Crippen molar-refractivity contribution in [1.82, 2.24) is 4.98 Å². The number of nitrogens with one attached hydrogen (secondary N) is 1. The minimum atomic E-state index is -0.436. The van der Waals surface area contributed by atoms with Crippen molar-refractivity contribution in [2.45, 2.75) is 6.61 Å². The van der Waals surface area contributed by atoms with Crippen LogP contribution in [0.15, 0.2) is 54.6 Å². The molecule has 22 heavy (non-hydrogen) atoms. The average Bonchev–Trinajstić information content (AvgIpc) is 2.53. The van der Waals surface area contributed by atoms with E-state index in [1.54, 1.807) is 18.2 Å². The van der Waals surface area contributed by atoms with Gasteiger partial charge in [0.05, 0.1) is 4.92 Å². The summed E-state index contributed by atoms with van der Waals surface area (Å²) in [6, 6.07) is 16.2. The lowest BCUT2D eigenvalue weighted by molar-refractivity contribution is -0.383. The molecule has 5 nitrogen and oxygen atoms in total. The summed E-state index contributed by atoms with van der Waals surface area (Å²) in [4.78, 5) is 13.6. The number of aromatic nitrogens is 1. The maximum Gasteiger partial charge on any atom is 0.293 e. The number of nitrogens with zero attached hydrogens (tertiary/aromatic N) is 1. The summed E-state index contributed by atoms with van der Waals surface area (Å²) in [5, 5.41) is 11.8. The van der Waals surface area contributed by atoms with Crippen LogP contribution >= 0.6 is 12.2 Å². The quantitative estimate of drug-likeness (QED) is 0.441. The minimum Gasteiger partial charge on any atom is -0.488 e. The summed E-state index contributed by atoms with van der Waals surface area (Å²) >= 11 is 5.05. The Morgan fingerprint density at radius 2 is 1.86 bits per heavy atom. The summed E-state index contributed by atoms with van der Waals surface area (Å²) in [6.45, 7) is 0.392. The molecule has 0 atom stereocenters. The lowest BCUT2D eigenvalue weighted by atomic mass is 10.1. The molecule has 0 aliphatic heterocycles. The highest BCUT2D eigenvalue weighted by molar-refractivity contribution is 7.71. The summed E-state index contributed by atoms with van der Waals surface area (Å²) in [5.41, 5.74) is 1.38. The van der Waals surface area contributed by atoms with Crippen molar-refractivity contribution in [2.75, 3.05) is 0 Å². The third-order valence-corrected chi connectivity index (χ3v) is 3.51. The molecule has 0 radical (unpaired) electrons. The standard InChI is InChI=1S/C16H12N2O3S/c19-18(20)13-7-8-14(12-6-9-15(22)17-16(12)13)21-10-11-4-2-1-3-5-11/h1-9H,10H2,(H,17,22). The molecule has 0 unspecified atom stereocenters. The number of pyridine rings is 1. The Bertz CT molecular complexity index is 891. The highest BCUT2D eigenvalue weighted by atomic mass is 32.1. The van der Waals surface area contributed by atoms with Crippen LogP contribution in [0.5, 0.6) is 5.75 Å². The van der Waals surface area contributed by atoms with Gasteiger partial charge in [0.1, 0.15) is 22.5 Å². The van der Waals surface area contributed by atoms with Gasteiger partial charge in [-0.05, 0) is 23.8 Å². The lowest BCUT2D eigenvalue weighted by Gasteiger charge is -2.09. The molecule has 6 heteroatoms. The van der Waals surface area contributed by atoms with Crippen LogP contribution in [0, 0.1) is 14.8 Å². The van der Waals surface area contributed by atoms with Crippen molar-refractivity contribution in [3.05, 3.63) is 74.9 Å². The van der Waals surface area contributed by atoms with E-state index >= 15 is 0 Å². The van der Waals surface area contributed by atoms with Crippen LogP contribution in [0.3, 0.4) is 0 Å². The lowest BCUT2D eigenvalue weighted by Crippen LogP contribution is -1.98. The van der Waals surface area contributed by atoms with Gasteiger partial charge in [-0.1, -0.05) is 42.5 Å². The first-order valence-corrected chi connectivity index (χ1v) is 7.03. The molecule has 110 valence electrons. The second-order valence-electron chi connectivity index (χ2n) is 4.73. The Balaban J connectivity index is 2.02. The van der Waals surface area contributed by atoms with Crippen LogP contribution < -0.4 is 4.74 Å². The average molecular weight is 312 g/mol. The highest BCUT2D eigenvalue weighted by Gasteiger charge is 2.15. The number of non-ortho nitro benzene ring substituents is 1. The van der Waals surface area contributed by atoms with Crippen molar-refractivity contribution >= 4 is 28.8 Å². The van der Waals surface area contributed by atoms with Crippen molar-refractivity contribution in [2.24, 2.45) is 0 Å². The van der Waals surface area contributed by atoms with Gasteiger partial charge in [0.25, 0.3) is 5.69 Å². The zero-order valence-corrected chi connectivity index (χ0v) is 12.3. The van der Waals surface area contributed by atoms with Crippen LogP contribution in [-0.4, -0.2) is 9.91 Å². The van der Waals surface area contributed by atoms with Crippen molar-refractivity contribution in [3.63, 3.8) is 0 Å². The topological polar surface area (TPSA) is 68.2 Å². The first-order chi connectivity index (χ1) is 10.6. The van der Waals surface area contributed by atoms with Crippen molar-refractivity contribution in [3.8, 4) is 5.75 Å². The van der Waals surface area contributed by atoms with Gasteiger partial charge in [-0.3, -0.25) is 10.1 Å². The van der Waals surface area contributed by atoms with Crippen LogP contribution in [0.25, 0.3) is 10.9 Å². The van der Waals surface area contributed by atoms with E-state index in [9.17, 15) is 10.1 Å². The van der Waals surface area contributed by atoms with E-state index in [2.05, 4.69) is 4.98 Å². The summed E-state index contributed by atoms with van der Waals surface area (Å²) in [5.74, 6) is 0.579. The maximum absolute atomic E-state index is 11.1. The Morgan fingerprint density at radius 1 is 1.09 bits per heavy atom. The molecule has 1 heterocycles. The maximum atomic E-state index is 11.1. The number of nitro groups is 1. The third kappa shape index (κ3) is 2.82. The van der Waals surface area contributed by atoms with E-state index in [4.69, 9.17) is 17.0 Å². The first-order valence-electron chi connectivity index (χ1n) is 6.62. The van der Waals surface area contributed by atoms with Gasteiger partial charge in [0, 0.05) is 11.5 Å². The molecule has 2 aromatic carbocycles. The van der Waals surface area contributed by atoms with Gasteiger partial charge in [0.15, 0.2) is 0 Å².